The van der Waals surface area contributed by atoms with Crippen molar-refractivity contribution in [1.82, 2.24) is 0 Å². The number of hydrogen-bond acceptors (Lipinski definition) is 7. The number of methoxy groups -OCH3 is 1. The van der Waals surface area contributed by atoms with E-state index in [4.69, 9.17) is 4.74 Å². The van der Waals surface area contributed by atoms with Crippen LogP contribution >= 0.6 is 45.3 Å². The number of carbonyl (C=O) groups excluding carboxylic acids is 1. The van der Waals surface area contributed by atoms with E-state index in [9.17, 15) is 4.79 Å². The number of carbonyl (C=O) groups is 1. The highest BCUT2D eigenvalue weighted by Crippen LogP contribution is 2.44. The third-order valence-corrected chi connectivity index (χ3v) is 11.1. The van der Waals surface area contributed by atoms with Crippen molar-refractivity contribution < 1.29 is 9.53 Å². The lowest BCUT2D eigenvalue weighted by atomic mass is 10.1. The molecule has 190 valence electrons. The second kappa shape index (κ2) is 10.1. The Balaban J connectivity index is 1.22. The maximum absolute atomic E-state index is 11.1. The number of aldehydes is 1. The first-order chi connectivity index (χ1) is 19.2. The molecule has 0 aliphatic heterocycles. The minimum Gasteiger partial charge on any atom is -0.494 e. The molecule has 0 N–H and O–H groups in total. The fourth-order valence-electron chi connectivity index (χ4n) is 4.72. The van der Waals surface area contributed by atoms with Crippen LogP contribution in [0.1, 0.15) is 9.67 Å². The van der Waals surface area contributed by atoms with Gasteiger partial charge in [0.1, 0.15) is 5.75 Å². The summed E-state index contributed by atoms with van der Waals surface area (Å²) in [4.78, 5) is 16.6. The van der Waals surface area contributed by atoms with Gasteiger partial charge in [-0.05, 0) is 65.7 Å². The van der Waals surface area contributed by atoms with E-state index in [1.54, 1.807) is 52.5 Å². The van der Waals surface area contributed by atoms with Crippen molar-refractivity contribution in [2.75, 3.05) is 12.0 Å². The van der Waals surface area contributed by atoms with Gasteiger partial charge in [0.2, 0.25) is 0 Å². The Labute approximate surface area is 241 Å². The van der Waals surface area contributed by atoms with Crippen LogP contribution < -0.4 is 9.64 Å². The first-order valence-electron chi connectivity index (χ1n) is 12.3. The molecule has 0 bridgehead atoms. The number of benzene rings is 3. The average molecular weight is 580 g/mol. The number of fused-ring (bicyclic) bond motifs is 2. The van der Waals surface area contributed by atoms with Gasteiger partial charge in [-0.1, -0.05) is 42.5 Å². The van der Waals surface area contributed by atoms with Gasteiger partial charge in [-0.2, -0.15) is 0 Å². The van der Waals surface area contributed by atoms with Gasteiger partial charge >= 0.3 is 0 Å². The van der Waals surface area contributed by atoms with Crippen molar-refractivity contribution in [1.29, 1.82) is 0 Å². The number of ether oxygens (including phenoxy) is 1. The van der Waals surface area contributed by atoms with Crippen molar-refractivity contribution >= 4 is 87.5 Å². The molecule has 0 atom stereocenters. The summed E-state index contributed by atoms with van der Waals surface area (Å²) in [5.41, 5.74) is 5.69. The van der Waals surface area contributed by atoms with E-state index >= 15 is 0 Å². The Morgan fingerprint density at radius 2 is 1.26 bits per heavy atom. The quantitative estimate of drug-likeness (QED) is 0.176. The summed E-state index contributed by atoms with van der Waals surface area (Å²) < 4.78 is 10.3. The Morgan fingerprint density at radius 1 is 0.667 bits per heavy atom. The third-order valence-electron chi connectivity index (χ3n) is 6.61. The molecule has 7 heteroatoms. The van der Waals surface area contributed by atoms with Gasteiger partial charge in [0.05, 0.1) is 16.7 Å². The maximum Gasteiger partial charge on any atom is 0.160 e. The van der Waals surface area contributed by atoms with E-state index in [1.165, 1.54) is 30.3 Å². The standard InChI is InChI=1S/C32H21NO2S4/c1-35-26-19-36-31-17-28(39-32(26)31)21-9-13-24(14-10-21)33(22-5-3-2-4-6-22)23-11-7-20(8-12-23)27-16-30-29(38-27)15-25(18-34)37-30/h2-19H,1H3. The van der Waals surface area contributed by atoms with E-state index in [-0.39, 0.29) is 0 Å². The Kier molecular flexibility index (Phi) is 6.29. The number of anilines is 3. The van der Waals surface area contributed by atoms with E-state index in [2.05, 4.69) is 95.2 Å². The number of nitrogens with zero attached hydrogens (tertiary/aromatic N) is 1. The van der Waals surface area contributed by atoms with Crippen molar-refractivity contribution in [3.8, 4) is 26.6 Å². The van der Waals surface area contributed by atoms with Crippen LogP contribution in [0.2, 0.25) is 0 Å². The van der Waals surface area contributed by atoms with Crippen molar-refractivity contribution in [2.24, 2.45) is 0 Å². The number of para-hydroxylation sites is 1. The highest BCUT2D eigenvalue weighted by molar-refractivity contribution is 7.30. The zero-order valence-corrected chi connectivity index (χ0v) is 24.1. The van der Waals surface area contributed by atoms with Crippen molar-refractivity contribution in [2.45, 2.75) is 0 Å². The largest absolute Gasteiger partial charge is 0.494 e. The van der Waals surface area contributed by atoms with Crippen molar-refractivity contribution in [3.63, 3.8) is 0 Å². The molecule has 0 radical (unpaired) electrons. The minimum absolute atomic E-state index is 0.779. The van der Waals surface area contributed by atoms with E-state index in [1.807, 2.05) is 12.1 Å². The van der Waals surface area contributed by atoms with Crippen LogP contribution in [0.15, 0.2) is 102 Å². The highest BCUT2D eigenvalue weighted by Gasteiger charge is 2.15. The van der Waals surface area contributed by atoms with Crippen LogP contribution in [-0.2, 0) is 0 Å². The van der Waals surface area contributed by atoms with Gasteiger partial charge < -0.3 is 9.64 Å². The Bertz CT molecular complexity index is 1880. The Hall–Kier alpha value is -3.75. The summed E-state index contributed by atoms with van der Waals surface area (Å²) >= 11 is 6.78. The zero-order valence-electron chi connectivity index (χ0n) is 20.8. The lowest BCUT2D eigenvalue weighted by molar-refractivity contribution is 0.112. The van der Waals surface area contributed by atoms with E-state index in [0.29, 0.717) is 0 Å². The van der Waals surface area contributed by atoms with Gasteiger partial charge in [0.15, 0.2) is 6.29 Å². The lowest BCUT2D eigenvalue weighted by Gasteiger charge is -2.25. The van der Waals surface area contributed by atoms with Crippen LogP contribution in [0.5, 0.6) is 5.75 Å². The van der Waals surface area contributed by atoms with Gasteiger partial charge in [0.25, 0.3) is 0 Å². The number of thiophene rings is 4. The zero-order chi connectivity index (χ0) is 26.3. The lowest BCUT2D eigenvalue weighted by Crippen LogP contribution is -2.09. The fraction of sp³-hybridized carbons (Fsp3) is 0.0312. The normalized spacial score (nSPS) is 11.3. The molecule has 0 spiro atoms. The molecule has 3 aromatic carbocycles. The monoisotopic (exact) mass is 579 g/mol. The second-order valence-electron chi connectivity index (χ2n) is 8.98. The molecule has 7 rings (SSSR count). The molecule has 0 aliphatic rings. The molecule has 39 heavy (non-hydrogen) atoms. The summed E-state index contributed by atoms with van der Waals surface area (Å²) in [6, 6.07) is 34.4. The smallest absolute Gasteiger partial charge is 0.160 e. The van der Waals surface area contributed by atoms with Gasteiger partial charge in [0, 0.05) is 46.3 Å². The SMILES string of the molecule is COc1csc2cc(-c3ccc(N(c4ccccc4)c4ccc(-c5cc6sc(C=O)cc6s5)cc4)cc3)sc12. The topological polar surface area (TPSA) is 29.5 Å². The third kappa shape index (κ3) is 4.47. The molecule has 0 unspecified atom stereocenters. The summed E-state index contributed by atoms with van der Waals surface area (Å²) in [5, 5.41) is 2.07. The van der Waals surface area contributed by atoms with Crippen LogP contribution in [0, 0.1) is 0 Å². The van der Waals surface area contributed by atoms with Crippen molar-refractivity contribution in [3.05, 3.63) is 107 Å². The molecule has 7 aromatic rings. The molecular weight excluding hydrogens is 559 g/mol. The van der Waals surface area contributed by atoms with Crippen LogP contribution in [0.3, 0.4) is 0 Å². The molecule has 4 heterocycles. The summed E-state index contributed by atoms with van der Waals surface area (Å²) in [6.07, 6.45) is 0.927. The first-order valence-corrected chi connectivity index (χ1v) is 15.6. The first kappa shape index (κ1) is 24.3. The highest BCUT2D eigenvalue weighted by atomic mass is 32.1. The number of rotatable bonds is 7. The van der Waals surface area contributed by atoms with E-state index < -0.39 is 0 Å². The van der Waals surface area contributed by atoms with Crippen LogP contribution in [-0.4, -0.2) is 13.4 Å². The van der Waals surface area contributed by atoms with E-state index in [0.717, 1.165) is 43.4 Å². The molecular formula is C32H21NO2S4. The van der Waals surface area contributed by atoms with Crippen LogP contribution in [0.25, 0.3) is 39.7 Å². The molecule has 0 fully saturated rings. The minimum atomic E-state index is 0.779. The second-order valence-corrected chi connectivity index (χ2v) is 13.1. The molecule has 0 saturated heterocycles. The number of hydrogen-bond donors (Lipinski definition) is 0. The predicted molar refractivity (Wildman–Crippen MR) is 170 cm³/mol. The summed E-state index contributed by atoms with van der Waals surface area (Å²) in [6.45, 7) is 0. The molecule has 0 amide bonds. The molecule has 0 saturated carbocycles. The molecule has 0 aliphatic carbocycles. The van der Waals surface area contributed by atoms with Crippen LogP contribution in [0.4, 0.5) is 17.1 Å². The Morgan fingerprint density at radius 3 is 1.87 bits per heavy atom. The molecule has 3 nitrogen and oxygen atoms in total. The van der Waals surface area contributed by atoms with Gasteiger partial charge in [-0.3, -0.25) is 4.79 Å². The maximum atomic E-state index is 11.1. The summed E-state index contributed by atoms with van der Waals surface area (Å²) in [5.74, 6) is 0.953. The molecule has 4 aromatic heterocycles. The average Bonchev–Trinajstić information content (AvgIpc) is 3.75. The predicted octanol–water partition coefficient (Wildman–Crippen LogP) is 10.9. The fourth-order valence-corrected chi connectivity index (χ4v) is 9.26. The van der Waals surface area contributed by atoms with Gasteiger partial charge in [-0.15, -0.1) is 45.3 Å². The van der Waals surface area contributed by atoms with Gasteiger partial charge in [-0.25, -0.2) is 0 Å². The summed E-state index contributed by atoms with van der Waals surface area (Å²) in [7, 11) is 1.73.